The minimum Gasteiger partial charge on any atom is -0.361 e. The summed E-state index contributed by atoms with van der Waals surface area (Å²) in [4.78, 5) is 6.31. The van der Waals surface area contributed by atoms with E-state index >= 15 is 0 Å². The van der Waals surface area contributed by atoms with Gasteiger partial charge < -0.3 is 4.98 Å². The lowest BCUT2D eigenvalue weighted by Gasteiger charge is -2.49. The molecule has 2 nitrogen and oxygen atoms in total. The van der Waals surface area contributed by atoms with Crippen molar-refractivity contribution in [1.82, 2.24) is 9.88 Å². The number of aromatic nitrogens is 1. The number of hydrogen-bond donors (Lipinski definition) is 1. The molecule has 4 atom stereocenters. The van der Waals surface area contributed by atoms with Crippen LogP contribution in [0.2, 0.25) is 0 Å². The van der Waals surface area contributed by atoms with Crippen LogP contribution in [-0.2, 0) is 0 Å². The first-order valence-electron chi connectivity index (χ1n) is 8.90. The fraction of sp³-hybridized carbons (Fsp3) is 0.500. The zero-order valence-electron chi connectivity index (χ0n) is 13.0. The predicted octanol–water partition coefficient (Wildman–Crippen LogP) is 4.31. The maximum atomic E-state index is 3.51. The van der Waals surface area contributed by atoms with Crippen LogP contribution in [0, 0.1) is 11.8 Å². The first-order valence-corrected chi connectivity index (χ1v) is 8.90. The summed E-state index contributed by atoms with van der Waals surface area (Å²) in [7, 11) is 0. The number of H-pyrrole nitrogens is 1. The number of benzene rings is 1. The van der Waals surface area contributed by atoms with Crippen LogP contribution in [0.1, 0.15) is 37.2 Å². The van der Waals surface area contributed by atoms with E-state index in [1.165, 1.54) is 49.7 Å². The number of fused-ring (bicyclic) bond motifs is 3. The summed E-state index contributed by atoms with van der Waals surface area (Å²) in [6.45, 7) is 2.61. The molecule has 2 aromatic rings. The van der Waals surface area contributed by atoms with E-state index in [-0.39, 0.29) is 0 Å². The molecule has 2 heterocycles. The monoisotopic (exact) mass is 292 g/mol. The van der Waals surface area contributed by atoms with Crippen molar-refractivity contribution >= 4 is 10.9 Å². The average Bonchev–Trinajstić information content (AvgIpc) is 3.25. The molecule has 114 valence electrons. The number of aromatic amines is 1. The molecule has 0 amide bonds. The molecular formula is C20H24N2. The van der Waals surface area contributed by atoms with Gasteiger partial charge in [-0.3, -0.25) is 4.90 Å². The Kier molecular flexibility index (Phi) is 2.94. The Morgan fingerprint density at radius 3 is 2.55 bits per heavy atom. The van der Waals surface area contributed by atoms with E-state index < -0.39 is 0 Å². The molecule has 4 aliphatic rings. The van der Waals surface area contributed by atoms with Gasteiger partial charge in [-0.1, -0.05) is 30.4 Å². The zero-order valence-corrected chi connectivity index (χ0v) is 13.0. The van der Waals surface area contributed by atoms with Crippen LogP contribution in [0.5, 0.6) is 0 Å². The molecule has 6 rings (SSSR count). The Hall–Kier alpha value is -1.54. The Balaban J connectivity index is 1.62. The van der Waals surface area contributed by atoms with Gasteiger partial charge in [0.2, 0.25) is 0 Å². The van der Waals surface area contributed by atoms with Gasteiger partial charge in [-0.25, -0.2) is 0 Å². The second-order valence-electron chi connectivity index (χ2n) is 7.34. The van der Waals surface area contributed by atoms with Crippen molar-refractivity contribution in [3.05, 3.63) is 48.2 Å². The normalized spacial score (nSPS) is 34.7. The Bertz CT molecular complexity index is 707. The van der Waals surface area contributed by atoms with E-state index in [0.29, 0.717) is 5.92 Å². The topological polar surface area (TPSA) is 19.0 Å². The van der Waals surface area contributed by atoms with Gasteiger partial charge in [0.15, 0.2) is 0 Å². The minimum atomic E-state index is 0.679. The molecule has 1 aromatic carbocycles. The largest absolute Gasteiger partial charge is 0.361 e. The lowest BCUT2D eigenvalue weighted by atomic mass is 9.63. The van der Waals surface area contributed by atoms with Crippen LogP contribution in [0.4, 0.5) is 0 Å². The predicted molar refractivity (Wildman–Crippen MR) is 91.0 cm³/mol. The van der Waals surface area contributed by atoms with Gasteiger partial charge in [-0.15, -0.1) is 0 Å². The lowest BCUT2D eigenvalue weighted by Crippen LogP contribution is -2.49. The van der Waals surface area contributed by atoms with Crippen LogP contribution >= 0.6 is 0 Å². The van der Waals surface area contributed by atoms with Crippen molar-refractivity contribution in [2.75, 3.05) is 13.1 Å². The van der Waals surface area contributed by atoms with Crippen LogP contribution in [0.15, 0.2) is 42.6 Å². The van der Waals surface area contributed by atoms with E-state index in [9.17, 15) is 0 Å². The summed E-state index contributed by atoms with van der Waals surface area (Å²) in [6.07, 6.45) is 12.9. The first-order chi connectivity index (χ1) is 10.9. The molecular weight excluding hydrogens is 268 g/mol. The van der Waals surface area contributed by atoms with Crippen molar-refractivity contribution in [1.29, 1.82) is 0 Å². The summed E-state index contributed by atoms with van der Waals surface area (Å²) < 4.78 is 0. The number of allylic oxidation sites excluding steroid dienone is 1. The quantitative estimate of drug-likeness (QED) is 0.817. The Morgan fingerprint density at radius 1 is 0.955 bits per heavy atom. The van der Waals surface area contributed by atoms with E-state index in [1.54, 1.807) is 5.56 Å². The smallest absolute Gasteiger partial charge is 0.0456 e. The van der Waals surface area contributed by atoms with Gasteiger partial charge in [0.25, 0.3) is 0 Å². The summed E-state index contributed by atoms with van der Waals surface area (Å²) in [6, 6.07) is 9.55. The molecule has 2 heteroatoms. The highest BCUT2D eigenvalue weighted by Crippen LogP contribution is 2.50. The minimum absolute atomic E-state index is 0.679. The van der Waals surface area contributed by atoms with Crippen molar-refractivity contribution in [2.45, 2.75) is 37.6 Å². The maximum Gasteiger partial charge on any atom is 0.0456 e. The van der Waals surface area contributed by atoms with Crippen molar-refractivity contribution in [2.24, 2.45) is 11.8 Å². The molecule has 0 radical (unpaired) electrons. The van der Waals surface area contributed by atoms with Crippen molar-refractivity contribution in [3.63, 3.8) is 0 Å². The van der Waals surface area contributed by atoms with Gasteiger partial charge in [0, 0.05) is 29.1 Å². The van der Waals surface area contributed by atoms with Crippen LogP contribution in [0.25, 0.3) is 10.9 Å². The van der Waals surface area contributed by atoms with Crippen molar-refractivity contribution in [3.8, 4) is 0 Å². The molecule has 1 N–H and O–H groups in total. The Labute approximate surface area is 132 Å². The summed E-state index contributed by atoms with van der Waals surface area (Å²) >= 11 is 0. The fourth-order valence-electron chi connectivity index (χ4n) is 5.29. The molecule has 1 saturated heterocycles. The number of para-hydroxylation sites is 1. The number of nitrogens with one attached hydrogen (secondary N) is 1. The number of hydrogen-bond acceptors (Lipinski definition) is 1. The molecule has 2 fully saturated rings. The first kappa shape index (κ1) is 13.0. The molecule has 22 heavy (non-hydrogen) atoms. The molecule has 2 bridgehead atoms. The SMILES string of the molecule is C1=C[C@H]2CC[C@@H]1[C@H](N1CCCC1)[C@H]2c1c[nH]c2ccccc12. The summed E-state index contributed by atoms with van der Waals surface area (Å²) in [5.41, 5.74) is 2.86. The number of rotatable bonds is 2. The molecule has 0 unspecified atom stereocenters. The van der Waals surface area contributed by atoms with Gasteiger partial charge in [-0.2, -0.15) is 0 Å². The van der Waals surface area contributed by atoms with Crippen LogP contribution in [0.3, 0.4) is 0 Å². The third kappa shape index (κ3) is 1.83. The zero-order chi connectivity index (χ0) is 14.5. The van der Waals surface area contributed by atoms with Gasteiger partial charge >= 0.3 is 0 Å². The number of likely N-dealkylation sites (tertiary alicyclic amines) is 1. The summed E-state index contributed by atoms with van der Waals surface area (Å²) in [5, 5.41) is 1.44. The molecule has 1 aliphatic heterocycles. The average molecular weight is 292 g/mol. The highest BCUT2D eigenvalue weighted by molar-refractivity contribution is 5.83. The Morgan fingerprint density at radius 2 is 1.73 bits per heavy atom. The molecule has 3 aliphatic carbocycles. The molecule has 1 aromatic heterocycles. The second-order valence-corrected chi connectivity index (χ2v) is 7.34. The second kappa shape index (κ2) is 4.99. The van der Waals surface area contributed by atoms with Gasteiger partial charge in [0.05, 0.1) is 0 Å². The molecule has 1 saturated carbocycles. The highest BCUT2D eigenvalue weighted by atomic mass is 15.2. The highest BCUT2D eigenvalue weighted by Gasteiger charge is 2.45. The lowest BCUT2D eigenvalue weighted by molar-refractivity contribution is 0.0967. The van der Waals surface area contributed by atoms with E-state index in [0.717, 1.165) is 17.9 Å². The van der Waals surface area contributed by atoms with Gasteiger partial charge in [0.1, 0.15) is 0 Å². The van der Waals surface area contributed by atoms with Gasteiger partial charge in [-0.05, 0) is 62.2 Å². The molecule has 0 spiro atoms. The van der Waals surface area contributed by atoms with Crippen LogP contribution in [-0.4, -0.2) is 29.0 Å². The van der Waals surface area contributed by atoms with E-state index in [1.807, 2.05) is 0 Å². The van der Waals surface area contributed by atoms with Crippen LogP contribution < -0.4 is 0 Å². The fourth-order valence-corrected chi connectivity index (χ4v) is 5.29. The number of nitrogens with zero attached hydrogens (tertiary/aromatic N) is 1. The van der Waals surface area contributed by atoms with E-state index in [4.69, 9.17) is 0 Å². The van der Waals surface area contributed by atoms with Crippen molar-refractivity contribution < 1.29 is 0 Å². The summed E-state index contributed by atoms with van der Waals surface area (Å²) in [5.74, 6) is 2.18. The standard InChI is InChI=1S/C20H24N2/c1-2-6-18-16(5-1)17(13-21-18)19-14-7-9-15(10-8-14)20(19)22-11-3-4-12-22/h1-2,5-7,9,13-15,19-21H,3-4,8,10-12H2/t14-,15+,19+,20-/m0/s1. The maximum absolute atomic E-state index is 3.51. The third-order valence-electron chi connectivity index (χ3n) is 6.25. The van der Waals surface area contributed by atoms with E-state index in [2.05, 4.69) is 52.5 Å². The third-order valence-corrected chi connectivity index (χ3v) is 6.25.